The van der Waals surface area contributed by atoms with E-state index in [9.17, 15) is 4.79 Å². The van der Waals surface area contributed by atoms with Crippen LogP contribution in [0.2, 0.25) is 5.02 Å². The first kappa shape index (κ1) is 15.6. The van der Waals surface area contributed by atoms with Crippen molar-refractivity contribution in [2.24, 2.45) is 16.3 Å². The Balaban J connectivity index is 2.18. The van der Waals surface area contributed by atoms with E-state index in [-0.39, 0.29) is 17.8 Å². The Morgan fingerprint density at radius 3 is 2.62 bits per heavy atom. The van der Waals surface area contributed by atoms with E-state index in [1.54, 1.807) is 6.07 Å². The van der Waals surface area contributed by atoms with Crippen LogP contribution in [0.5, 0.6) is 0 Å². The number of rotatable bonds is 4. The highest BCUT2D eigenvalue weighted by Gasteiger charge is 2.45. The Morgan fingerprint density at radius 1 is 1.43 bits per heavy atom. The van der Waals surface area contributed by atoms with E-state index in [1.165, 1.54) is 0 Å². The minimum absolute atomic E-state index is 0.0103. The van der Waals surface area contributed by atoms with Crippen LogP contribution in [0.4, 0.5) is 0 Å². The summed E-state index contributed by atoms with van der Waals surface area (Å²) in [5.74, 6) is -0.216. The summed E-state index contributed by atoms with van der Waals surface area (Å²) in [7, 11) is 0. The lowest BCUT2D eigenvalue weighted by molar-refractivity contribution is -0.128. The highest BCUT2D eigenvalue weighted by atomic mass is 35.5. The van der Waals surface area contributed by atoms with Gasteiger partial charge in [-0.15, -0.1) is 0 Å². The second kappa shape index (κ2) is 6.35. The van der Waals surface area contributed by atoms with Crippen molar-refractivity contribution in [3.05, 3.63) is 34.9 Å². The number of nitrogens with two attached hydrogens (primary N) is 1. The summed E-state index contributed by atoms with van der Waals surface area (Å²) in [5.41, 5.74) is 5.72. The maximum atomic E-state index is 12.6. The van der Waals surface area contributed by atoms with Crippen molar-refractivity contribution < 1.29 is 10.0 Å². The fourth-order valence-electron chi connectivity index (χ4n) is 2.91. The number of amides is 1. The van der Waals surface area contributed by atoms with Gasteiger partial charge in [0.1, 0.15) is 5.41 Å². The lowest BCUT2D eigenvalue weighted by Crippen LogP contribution is -2.48. The summed E-state index contributed by atoms with van der Waals surface area (Å²) in [5, 5.41) is 15.6. The summed E-state index contributed by atoms with van der Waals surface area (Å²) < 4.78 is 0. The molecule has 4 N–H and O–H groups in total. The molecule has 1 aliphatic rings. The average molecular weight is 310 g/mol. The van der Waals surface area contributed by atoms with E-state index in [0.29, 0.717) is 17.9 Å². The lowest BCUT2D eigenvalue weighted by atomic mass is 9.83. The molecule has 1 fully saturated rings. The minimum Gasteiger partial charge on any atom is -0.409 e. The molecule has 21 heavy (non-hydrogen) atoms. The topological polar surface area (TPSA) is 87.7 Å². The molecule has 0 bridgehead atoms. The van der Waals surface area contributed by atoms with Crippen molar-refractivity contribution in [3.63, 3.8) is 0 Å². The van der Waals surface area contributed by atoms with E-state index in [4.69, 9.17) is 22.5 Å². The molecule has 0 saturated heterocycles. The van der Waals surface area contributed by atoms with Crippen LogP contribution in [0.1, 0.15) is 44.2 Å². The fraction of sp³-hybridized carbons (Fsp3) is 0.467. The van der Waals surface area contributed by atoms with Crippen LogP contribution in [0.3, 0.4) is 0 Å². The van der Waals surface area contributed by atoms with Crippen LogP contribution in [0, 0.1) is 5.41 Å². The standard InChI is InChI=1S/C15H20ClN3O2/c1-10(11-6-2-3-7-12(11)16)18-14(20)15(13(17)19-21)8-4-5-9-15/h2-3,6-7,10,21H,4-5,8-9H2,1H3,(H2,17,19)(H,18,20). The van der Waals surface area contributed by atoms with Gasteiger partial charge in [-0.1, -0.05) is 47.8 Å². The first-order valence-electron chi connectivity index (χ1n) is 7.04. The number of carbonyl (C=O) groups is 1. The number of halogens is 1. The fourth-order valence-corrected chi connectivity index (χ4v) is 3.21. The molecule has 0 aliphatic heterocycles. The molecular weight excluding hydrogens is 290 g/mol. The number of nitrogens with zero attached hydrogens (tertiary/aromatic N) is 1. The molecule has 0 spiro atoms. The zero-order valence-corrected chi connectivity index (χ0v) is 12.7. The smallest absolute Gasteiger partial charge is 0.234 e. The number of hydrogen-bond donors (Lipinski definition) is 3. The van der Waals surface area contributed by atoms with Gasteiger partial charge in [-0.3, -0.25) is 4.79 Å². The van der Waals surface area contributed by atoms with E-state index >= 15 is 0 Å². The molecule has 1 aromatic carbocycles. The van der Waals surface area contributed by atoms with Crippen LogP contribution >= 0.6 is 11.6 Å². The Kier molecular flexibility index (Phi) is 4.73. The molecule has 2 rings (SSSR count). The van der Waals surface area contributed by atoms with Crippen molar-refractivity contribution >= 4 is 23.3 Å². The molecule has 1 amide bonds. The number of nitrogens with one attached hydrogen (secondary N) is 1. The number of carbonyl (C=O) groups excluding carboxylic acids is 1. The zero-order valence-electron chi connectivity index (χ0n) is 12.0. The largest absolute Gasteiger partial charge is 0.409 e. The van der Waals surface area contributed by atoms with Gasteiger partial charge in [0.25, 0.3) is 0 Å². The minimum atomic E-state index is -0.899. The zero-order chi connectivity index (χ0) is 15.5. The molecule has 0 aromatic heterocycles. The first-order chi connectivity index (χ1) is 10.0. The Bertz CT molecular complexity index is 554. The van der Waals surface area contributed by atoms with Gasteiger partial charge in [0.05, 0.1) is 6.04 Å². The van der Waals surface area contributed by atoms with Crippen molar-refractivity contribution in [2.45, 2.75) is 38.6 Å². The predicted molar refractivity (Wildman–Crippen MR) is 82.3 cm³/mol. The van der Waals surface area contributed by atoms with Gasteiger partial charge in [-0.05, 0) is 31.4 Å². The SMILES string of the molecule is CC(NC(=O)C1(C(N)=NO)CCCC1)c1ccccc1Cl. The number of hydrogen-bond acceptors (Lipinski definition) is 3. The van der Waals surface area contributed by atoms with E-state index < -0.39 is 5.41 Å². The molecule has 114 valence electrons. The van der Waals surface area contributed by atoms with Crippen molar-refractivity contribution in [1.29, 1.82) is 0 Å². The van der Waals surface area contributed by atoms with Gasteiger partial charge in [0.15, 0.2) is 5.84 Å². The maximum absolute atomic E-state index is 12.6. The van der Waals surface area contributed by atoms with Crippen molar-refractivity contribution in [1.82, 2.24) is 5.32 Å². The van der Waals surface area contributed by atoms with Crippen LogP contribution in [0.15, 0.2) is 29.4 Å². The third-order valence-electron chi connectivity index (χ3n) is 4.21. The molecule has 1 saturated carbocycles. The van der Waals surface area contributed by atoms with Gasteiger partial charge in [0.2, 0.25) is 5.91 Å². The molecule has 1 aromatic rings. The van der Waals surface area contributed by atoms with Crippen molar-refractivity contribution in [2.75, 3.05) is 0 Å². The Hall–Kier alpha value is -1.75. The summed E-state index contributed by atoms with van der Waals surface area (Å²) in [6.07, 6.45) is 2.99. The molecule has 0 heterocycles. The van der Waals surface area contributed by atoms with Crippen LogP contribution in [0.25, 0.3) is 0 Å². The van der Waals surface area contributed by atoms with Crippen LogP contribution in [-0.4, -0.2) is 17.0 Å². The van der Waals surface area contributed by atoms with Gasteiger partial charge >= 0.3 is 0 Å². The van der Waals surface area contributed by atoms with Gasteiger partial charge < -0.3 is 16.3 Å². The summed E-state index contributed by atoms with van der Waals surface area (Å²) in [4.78, 5) is 12.6. The molecule has 1 atom stereocenters. The number of oxime groups is 1. The molecule has 1 unspecified atom stereocenters. The van der Waals surface area contributed by atoms with Gasteiger partial charge in [-0.2, -0.15) is 0 Å². The highest BCUT2D eigenvalue weighted by Crippen LogP contribution is 2.39. The van der Waals surface area contributed by atoms with Crippen molar-refractivity contribution in [3.8, 4) is 0 Å². The monoisotopic (exact) mass is 309 g/mol. The molecule has 1 aliphatic carbocycles. The van der Waals surface area contributed by atoms with E-state index in [0.717, 1.165) is 18.4 Å². The van der Waals surface area contributed by atoms with Crippen LogP contribution < -0.4 is 11.1 Å². The Morgan fingerprint density at radius 2 is 2.05 bits per heavy atom. The summed E-state index contributed by atoms with van der Waals surface area (Å²) >= 11 is 6.15. The molecule has 5 nitrogen and oxygen atoms in total. The number of amidine groups is 1. The second-order valence-corrected chi connectivity index (χ2v) is 5.90. The molecule has 6 heteroatoms. The maximum Gasteiger partial charge on any atom is 0.234 e. The predicted octanol–water partition coefficient (Wildman–Crippen LogP) is 2.82. The Labute approximate surface area is 129 Å². The van der Waals surface area contributed by atoms with E-state index in [2.05, 4.69) is 10.5 Å². The molecule has 0 radical (unpaired) electrons. The second-order valence-electron chi connectivity index (χ2n) is 5.49. The van der Waals surface area contributed by atoms with Gasteiger partial charge in [0, 0.05) is 5.02 Å². The first-order valence-corrected chi connectivity index (χ1v) is 7.42. The van der Waals surface area contributed by atoms with Gasteiger partial charge in [-0.25, -0.2) is 0 Å². The summed E-state index contributed by atoms with van der Waals surface area (Å²) in [6, 6.07) is 7.13. The van der Waals surface area contributed by atoms with Crippen LogP contribution in [-0.2, 0) is 4.79 Å². The normalized spacial score (nSPS) is 19.2. The lowest BCUT2D eigenvalue weighted by Gasteiger charge is -2.28. The van der Waals surface area contributed by atoms with E-state index in [1.807, 2.05) is 25.1 Å². The number of benzene rings is 1. The third kappa shape index (κ3) is 2.97. The quantitative estimate of drug-likeness (QED) is 0.346. The summed E-state index contributed by atoms with van der Waals surface area (Å²) in [6.45, 7) is 1.87. The third-order valence-corrected chi connectivity index (χ3v) is 4.55. The molecular formula is C15H20ClN3O2. The highest BCUT2D eigenvalue weighted by molar-refractivity contribution is 6.31. The average Bonchev–Trinajstić information content (AvgIpc) is 2.97.